The maximum Gasteiger partial charge on any atom is 0.133 e. The maximum absolute atomic E-state index is 11.3. The van der Waals surface area contributed by atoms with Gasteiger partial charge in [0.2, 0.25) is 0 Å². The van der Waals surface area contributed by atoms with E-state index >= 15 is 0 Å². The summed E-state index contributed by atoms with van der Waals surface area (Å²) in [5.41, 5.74) is 0. The van der Waals surface area contributed by atoms with Crippen molar-refractivity contribution in [3.8, 4) is 0 Å². The Morgan fingerprint density at radius 2 is 2.08 bits per heavy atom. The quantitative estimate of drug-likeness (QED) is 0.616. The van der Waals surface area contributed by atoms with E-state index in [0.29, 0.717) is 11.7 Å². The minimum atomic E-state index is 0.469. The molecule has 1 rings (SSSR count). The van der Waals surface area contributed by atoms with E-state index in [4.69, 9.17) is 0 Å². The van der Waals surface area contributed by atoms with E-state index in [1.165, 1.54) is 19.3 Å². The van der Waals surface area contributed by atoms with Crippen molar-refractivity contribution in [3.63, 3.8) is 0 Å². The van der Waals surface area contributed by atoms with Crippen LogP contribution in [0.2, 0.25) is 0 Å². The van der Waals surface area contributed by atoms with Crippen LogP contribution in [0.4, 0.5) is 0 Å². The second-order valence-electron chi connectivity index (χ2n) is 4.47. The number of carbonyl (C=O) groups excluding carboxylic acids is 1. The molecule has 0 aromatic rings. The smallest absolute Gasteiger partial charge is 0.133 e. The Morgan fingerprint density at radius 3 is 2.50 bits per heavy atom. The molecule has 0 radical (unpaired) electrons. The molecule has 0 atom stereocenters. The van der Waals surface area contributed by atoms with Crippen molar-refractivity contribution < 1.29 is 4.79 Å². The molecular weight excluding hydrogens is 148 g/mol. The third-order valence-electron chi connectivity index (χ3n) is 2.69. The van der Waals surface area contributed by atoms with Gasteiger partial charge in [-0.1, -0.05) is 33.1 Å². The van der Waals surface area contributed by atoms with Crippen LogP contribution in [0, 0.1) is 11.8 Å². The number of ketones is 1. The van der Waals surface area contributed by atoms with Crippen LogP contribution in [0.25, 0.3) is 0 Å². The summed E-state index contributed by atoms with van der Waals surface area (Å²) in [6.07, 6.45) is 6.91. The molecule has 0 N–H and O–H groups in total. The number of hydrogen-bond acceptors (Lipinski definition) is 1. The van der Waals surface area contributed by atoms with Crippen LogP contribution in [0.3, 0.4) is 0 Å². The van der Waals surface area contributed by atoms with Crippen LogP contribution in [-0.4, -0.2) is 5.78 Å². The molecule has 1 nitrogen and oxygen atoms in total. The van der Waals surface area contributed by atoms with E-state index in [9.17, 15) is 4.79 Å². The summed E-state index contributed by atoms with van der Waals surface area (Å²) < 4.78 is 0. The Kier molecular flexibility index (Phi) is 3.77. The highest BCUT2D eigenvalue weighted by molar-refractivity contribution is 5.78. The Hall–Kier alpha value is -0.330. The van der Waals surface area contributed by atoms with Crippen LogP contribution in [0.1, 0.15) is 52.4 Å². The second-order valence-corrected chi connectivity index (χ2v) is 4.47. The van der Waals surface area contributed by atoms with E-state index in [1.807, 2.05) is 0 Å². The first-order valence-electron chi connectivity index (χ1n) is 5.20. The Balaban J connectivity index is 2.01. The van der Waals surface area contributed by atoms with Crippen LogP contribution < -0.4 is 0 Å². The van der Waals surface area contributed by atoms with Gasteiger partial charge in [-0.3, -0.25) is 4.79 Å². The molecule has 1 saturated carbocycles. The van der Waals surface area contributed by atoms with E-state index in [2.05, 4.69) is 13.8 Å². The highest BCUT2D eigenvalue weighted by Crippen LogP contribution is 2.30. The fourth-order valence-electron chi connectivity index (χ4n) is 1.70. The van der Waals surface area contributed by atoms with Gasteiger partial charge in [0.15, 0.2) is 0 Å². The zero-order chi connectivity index (χ0) is 8.97. The van der Waals surface area contributed by atoms with E-state index in [1.54, 1.807) is 0 Å². The summed E-state index contributed by atoms with van der Waals surface area (Å²) in [6, 6.07) is 0. The highest BCUT2D eigenvalue weighted by atomic mass is 16.1. The molecule has 0 unspecified atom stereocenters. The first kappa shape index (κ1) is 9.76. The first-order valence-corrected chi connectivity index (χ1v) is 5.20. The molecule has 70 valence electrons. The second kappa shape index (κ2) is 4.64. The van der Waals surface area contributed by atoms with Gasteiger partial charge >= 0.3 is 0 Å². The number of hydrogen-bond donors (Lipinski definition) is 0. The summed E-state index contributed by atoms with van der Waals surface area (Å²) >= 11 is 0. The molecule has 12 heavy (non-hydrogen) atoms. The highest BCUT2D eigenvalue weighted by Gasteiger charge is 2.18. The molecule has 0 aromatic heterocycles. The largest absolute Gasteiger partial charge is 0.300 e. The van der Waals surface area contributed by atoms with Crippen molar-refractivity contribution in [1.82, 2.24) is 0 Å². The van der Waals surface area contributed by atoms with Crippen molar-refractivity contribution in [1.29, 1.82) is 0 Å². The minimum absolute atomic E-state index is 0.469. The summed E-state index contributed by atoms with van der Waals surface area (Å²) in [5, 5.41) is 0. The van der Waals surface area contributed by atoms with Gasteiger partial charge in [-0.2, -0.15) is 0 Å². The molecule has 0 heterocycles. The molecule has 1 aliphatic rings. The lowest BCUT2D eigenvalue weighted by Gasteiger charge is -2.24. The van der Waals surface area contributed by atoms with Crippen LogP contribution in [0.5, 0.6) is 0 Å². The van der Waals surface area contributed by atoms with Gasteiger partial charge in [-0.25, -0.2) is 0 Å². The topological polar surface area (TPSA) is 17.1 Å². The Labute approximate surface area is 75.5 Å². The van der Waals surface area contributed by atoms with E-state index < -0.39 is 0 Å². The summed E-state index contributed by atoms with van der Waals surface area (Å²) in [6.45, 7) is 4.22. The lowest BCUT2D eigenvalue weighted by molar-refractivity contribution is -0.120. The molecule has 1 aliphatic carbocycles. The summed E-state index contributed by atoms with van der Waals surface area (Å²) in [4.78, 5) is 11.3. The number of Topliss-reactive ketones (excluding diaryl/α,β-unsaturated/α-hetero) is 1. The van der Waals surface area contributed by atoms with Crippen LogP contribution >= 0.6 is 0 Å². The Morgan fingerprint density at radius 1 is 1.42 bits per heavy atom. The maximum atomic E-state index is 11.3. The Bertz CT molecular complexity index is 145. The van der Waals surface area contributed by atoms with Crippen LogP contribution in [-0.2, 0) is 4.79 Å². The van der Waals surface area contributed by atoms with E-state index in [0.717, 1.165) is 25.2 Å². The van der Waals surface area contributed by atoms with Gasteiger partial charge in [0.25, 0.3) is 0 Å². The average Bonchev–Trinajstić information content (AvgIpc) is 1.81. The molecule has 0 aliphatic heterocycles. The van der Waals surface area contributed by atoms with Crippen molar-refractivity contribution in [2.24, 2.45) is 11.8 Å². The zero-order valence-electron chi connectivity index (χ0n) is 8.31. The molecule has 0 spiro atoms. The lowest BCUT2D eigenvalue weighted by Crippen LogP contribution is -2.13. The van der Waals surface area contributed by atoms with Gasteiger partial charge in [-0.15, -0.1) is 0 Å². The third-order valence-corrected chi connectivity index (χ3v) is 2.69. The van der Waals surface area contributed by atoms with Gasteiger partial charge < -0.3 is 0 Å². The number of carbonyl (C=O) groups is 1. The molecule has 0 amide bonds. The first-order chi connectivity index (χ1) is 5.68. The summed E-state index contributed by atoms with van der Waals surface area (Å²) in [5.74, 6) is 1.90. The third kappa shape index (κ3) is 3.38. The van der Waals surface area contributed by atoms with Crippen molar-refractivity contribution in [2.45, 2.75) is 52.4 Å². The standard InChI is InChI=1S/C11H20O/c1-9(2)8-11(12)7-6-10-4-3-5-10/h9-10H,3-8H2,1-2H3. The van der Waals surface area contributed by atoms with E-state index in [-0.39, 0.29) is 0 Å². The fourth-order valence-corrected chi connectivity index (χ4v) is 1.70. The van der Waals surface area contributed by atoms with Gasteiger partial charge in [0.1, 0.15) is 5.78 Å². The average molecular weight is 168 g/mol. The normalized spacial score (nSPS) is 17.9. The molecule has 1 heteroatoms. The molecule has 0 aromatic carbocycles. The zero-order valence-corrected chi connectivity index (χ0v) is 8.31. The SMILES string of the molecule is CC(C)CC(=O)CCC1CCC1. The molecule has 1 fully saturated rings. The lowest BCUT2D eigenvalue weighted by atomic mass is 9.81. The van der Waals surface area contributed by atoms with Crippen LogP contribution in [0.15, 0.2) is 0 Å². The van der Waals surface area contributed by atoms with Gasteiger partial charge in [0, 0.05) is 12.8 Å². The van der Waals surface area contributed by atoms with Gasteiger partial charge in [0.05, 0.1) is 0 Å². The van der Waals surface area contributed by atoms with Crippen molar-refractivity contribution in [3.05, 3.63) is 0 Å². The van der Waals surface area contributed by atoms with Crippen molar-refractivity contribution in [2.75, 3.05) is 0 Å². The molecule has 0 bridgehead atoms. The fraction of sp³-hybridized carbons (Fsp3) is 0.909. The monoisotopic (exact) mass is 168 g/mol. The van der Waals surface area contributed by atoms with Crippen molar-refractivity contribution >= 4 is 5.78 Å². The molecular formula is C11H20O. The predicted molar refractivity (Wildman–Crippen MR) is 51.0 cm³/mol. The minimum Gasteiger partial charge on any atom is -0.300 e. The van der Waals surface area contributed by atoms with Gasteiger partial charge in [-0.05, 0) is 18.3 Å². The predicted octanol–water partition coefficient (Wildman–Crippen LogP) is 3.18. The summed E-state index contributed by atoms with van der Waals surface area (Å²) in [7, 11) is 0. The molecule has 0 saturated heterocycles. The number of rotatable bonds is 5.